The Morgan fingerprint density at radius 1 is 1.38 bits per heavy atom. The summed E-state index contributed by atoms with van der Waals surface area (Å²) < 4.78 is 0. The fourth-order valence-electron chi connectivity index (χ4n) is 2.34. The largest absolute Gasteiger partial charge is 0.392 e. The lowest BCUT2D eigenvalue weighted by molar-refractivity contribution is 0.175. The lowest BCUT2D eigenvalue weighted by atomic mass is 9.98. The van der Waals surface area contributed by atoms with Gasteiger partial charge in [0.05, 0.1) is 6.10 Å². The standard InChI is InChI=1S/C14H21NO/c1-12(13-5-3-2-4-6-13)7-9-15-10-8-14(16)11-15/h2-6,12,14,16H,7-11H2,1H3/t12-,14-/m0/s1. The molecular formula is C14H21NO. The molecule has 0 saturated carbocycles. The van der Waals surface area contributed by atoms with Crippen molar-refractivity contribution < 1.29 is 5.11 Å². The van der Waals surface area contributed by atoms with E-state index in [2.05, 4.69) is 42.2 Å². The van der Waals surface area contributed by atoms with Gasteiger partial charge in [0, 0.05) is 13.1 Å². The highest BCUT2D eigenvalue weighted by Gasteiger charge is 2.20. The Kier molecular flexibility index (Phi) is 3.97. The Labute approximate surface area is 97.9 Å². The zero-order chi connectivity index (χ0) is 11.4. The average molecular weight is 219 g/mol. The molecule has 1 aliphatic rings. The molecule has 2 nitrogen and oxygen atoms in total. The normalized spacial score (nSPS) is 23.5. The Balaban J connectivity index is 1.78. The zero-order valence-electron chi connectivity index (χ0n) is 9.97. The molecule has 1 fully saturated rings. The van der Waals surface area contributed by atoms with E-state index in [0.717, 1.165) is 26.1 Å². The van der Waals surface area contributed by atoms with E-state index in [1.165, 1.54) is 12.0 Å². The van der Waals surface area contributed by atoms with Crippen LogP contribution in [-0.4, -0.2) is 35.7 Å². The zero-order valence-corrected chi connectivity index (χ0v) is 9.97. The Morgan fingerprint density at radius 3 is 2.75 bits per heavy atom. The summed E-state index contributed by atoms with van der Waals surface area (Å²) in [5, 5.41) is 9.44. The van der Waals surface area contributed by atoms with Crippen LogP contribution in [0.2, 0.25) is 0 Å². The van der Waals surface area contributed by atoms with Gasteiger partial charge in [-0.1, -0.05) is 37.3 Å². The summed E-state index contributed by atoms with van der Waals surface area (Å²) in [5.41, 5.74) is 1.42. The summed E-state index contributed by atoms with van der Waals surface area (Å²) in [7, 11) is 0. The van der Waals surface area contributed by atoms with Gasteiger partial charge >= 0.3 is 0 Å². The minimum Gasteiger partial charge on any atom is -0.392 e. The van der Waals surface area contributed by atoms with Crippen LogP contribution in [0.1, 0.15) is 31.2 Å². The highest BCUT2D eigenvalue weighted by Crippen LogP contribution is 2.20. The first-order chi connectivity index (χ1) is 7.75. The van der Waals surface area contributed by atoms with Crippen molar-refractivity contribution >= 4 is 0 Å². The van der Waals surface area contributed by atoms with E-state index in [0.29, 0.717) is 5.92 Å². The fraction of sp³-hybridized carbons (Fsp3) is 0.571. The van der Waals surface area contributed by atoms with Crippen molar-refractivity contribution in [3.8, 4) is 0 Å². The summed E-state index contributed by atoms with van der Waals surface area (Å²) in [6, 6.07) is 10.7. The lowest BCUT2D eigenvalue weighted by Crippen LogP contribution is -2.24. The molecule has 1 N–H and O–H groups in total. The van der Waals surface area contributed by atoms with Gasteiger partial charge in [-0.2, -0.15) is 0 Å². The van der Waals surface area contributed by atoms with Crippen molar-refractivity contribution in [1.29, 1.82) is 0 Å². The molecule has 2 rings (SSSR count). The van der Waals surface area contributed by atoms with Gasteiger partial charge in [0.15, 0.2) is 0 Å². The maximum absolute atomic E-state index is 9.44. The number of rotatable bonds is 4. The summed E-state index contributed by atoms with van der Waals surface area (Å²) in [6.45, 7) is 5.30. The van der Waals surface area contributed by atoms with Gasteiger partial charge in [-0.25, -0.2) is 0 Å². The highest BCUT2D eigenvalue weighted by molar-refractivity contribution is 5.18. The lowest BCUT2D eigenvalue weighted by Gasteiger charge is -2.18. The van der Waals surface area contributed by atoms with E-state index in [1.807, 2.05) is 0 Å². The molecule has 0 radical (unpaired) electrons. The third-order valence-electron chi connectivity index (χ3n) is 3.49. The molecule has 1 saturated heterocycles. The monoisotopic (exact) mass is 219 g/mol. The van der Waals surface area contributed by atoms with Gasteiger partial charge in [-0.3, -0.25) is 0 Å². The van der Waals surface area contributed by atoms with Crippen molar-refractivity contribution in [2.24, 2.45) is 0 Å². The van der Waals surface area contributed by atoms with Gasteiger partial charge < -0.3 is 10.0 Å². The molecule has 0 spiro atoms. The van der Waals surface area contributed by atoms with E-state index in [-0.39, 0.29) is 6.10 Å². The third-order valence-corrected chi connectivity index (χ3v) is 3.49. The van der Waals surface area contributed by atoms with Crippen LogP contribution in [0.25, 0.3) is 0 Å². The number of nitrogens with zero attached hydrogens (tertiary/aromatic N) is 1. The second-order valence-electron chi connectivity index (χ2n) is 4.84. The molecule has 0 aromatic heterocycles. The molecule has 2 atom stereocenters. The van der Waals surface area contributed by atoms with Gasteiger partial charge in [0.25, 0.3) is 0 Å². The van der Waals surface area contributed by atoms with E-state index < -0.39 is 0 Å². The second kappa shape index (κ2) is 5.46. The molecule has 1 aromatic carbocycles. The summed E-state index contributed by atoms with van der Waals surface area (Å²) in [6.07, 6.45) is 2.03. The molecule has 1 heterocycles. The van der Waals surface area contributed by atoms with Gasteiger partial charge in [0.1, 0.15) is 0 Å². The van der Waals surface area contributed by atoms with E-state index in [9.17, 15) is 5.11 Å². The first-order valence-electron chi connectivity index (χ1n) is 6.21. The van der Waals surface area contributed by atoms with Crippen molar-refractivity contribution in [2.45, 2.75) is 31.8 Å². The van der Waals surface area contributed by atoms with E-state index in [1.54, 1.807) is 0 Å². The second-order valence-corrected chi connectivity index (χ2v) is 4.84. The van der Waals surface area contributed by atoms with E-state index >= 15 is 0 Å². The van der Waals surface area contributed by atoms with Crippen LogP contribution in [0.15, 0.2) is 30.3 Å². The van der Waals surface area contributed by atoms with Crippen LogP contribution in [0.4, 0.5) is 0 Å². The maximum atomic E-state index is 9.44. The number of hydrogen-bond donors (Lipinski definition) is 1. The number of hydrogen-bond acceptors (Lipinski definition) is 2. The van der Waals surface area contributed by atoms with Gasteiger partial charge in [0.2, 0.25) is 0 Å². The molecule has 16 heavy (non-hydrogen) atoms. The predicted molar refractivity (Wildman–Crippen MR) is 66.5 cm³/mol. The minimum atomic E-state index is -0.0907. The first kappa shape index (κ1) is 11.6. The topological polar surface area (TPSA) is 23.5 Å². The molecular weight excluding hydrogens is 198 g/mol. The molecule has 88 valence electrons. The molecule has 1 aliphatic heterocycles. The van der Waals surface area contributed by atoms with Crippen LogP contribution in [-0.2, 0) is 0 Å². The van der Waals surface area contributed by atoms with Crippen LogP contribution >= 0.6 is 0 Å². The van der Waals surface area contributed by atoms with Gasteiger partial charge in [-0.15, -0.1) is 0 Å². The SMILES string of the molecule is C[C@@H](CCN1CC[C@H](O)C1)c1ccccc1. The number of benzene rings is 1. The van der Waals surface area contributed by atoms with Crippen molar-refractivity contribution in [1.82, 2.24) is 4.90 Å². The van der Waals surface area contributed by atoms with E-state index in [4.69, 9.17) is 0 Å². The summed E-state index contributed by atoms with van der Waals surface area (Å²) >= 11 is 0. The van der Waals surface area contributed by atoms with Crippen LogP contribution in [0, 0.1) is 0 Å². The maximum Gasteiger partial charge on any atom is 0.0679 e. The summed E-state index contributed by atoms with van der Waals surface area (Å²) in [4.78, 5) is 2.37. The molecule has 0 amide bonds. The number of likely N-dealkylation sites (tertiary alicyclic amines) is 1. The predicted octanol–water partition coefficient (Wildman–Crippen LogP) is 2.25. The van der Waals surface area contributed by atoms with Crippen molar-refractivity contribution in [3.63, 3.8) is 0 Å². The molecule has 1 aromatic rings. The number of aliphatic hydroxyl groups is 1. The van der Waals surface area contributed by atoms with Crippen molar-refractivity contribution in [3.05, 3.63) is 35.9 Å². The Bertz CT molecular complexity index is 312. The van der Waals surface area contributed by atoms with Crippen LogP contribution < -0.4 is 0 Å². The first-order valence-corrected chi connectivity index (χ1v) is 6.21. The fourth-order valence-corrected chi connectivity index (χ4v) is 2.34. The Morgan fingerprint density at radius 2 is 2.12 bits per heavy atom. The molecule has 2 heteroatoms. The Hall–Kier alpha value is -0.860. The average Bonchev–Trinajstić information content (AvgIpc) is 2.73. The molecule has 0 bridgehead atoms. The quantitative estimate of drug-likeness (QED) is 0.839. The smallest absolute Gasteiger partial charge is 0.0679 e. The number of aliphatic hydroxyl groups excluding tert-OH is 1. The van der Waals surface area contributed by atoms with Crippen LogP contribution in [0.5, 0.6) is 0 Å². The van der Waals surface area contributed by atoms with Crippen LogP contribution in [0.3, 0.4) is 0 Å². The van der Waals surface area contributed by atoms with Gasteiger partial charge in [-0.05, 0) is 30.9 Å². The third kappa shape index (κ3) is 3.06. The van der Waals surface area contributed by atoms with Crippen molar-refractivity contribution in [2.75, 3.05) is 19.6 Å². The highest BCUT2D eigenvalue weighted by atomic mass is 16.3. The minimum absolute atomic E-state index is 0.0907. The summed E-state index contributed by atoms with van der Waals surface area (Å²) in [5.74, 6) is 0.610. The number of β-amino-alcohol motifs (C(OH)–C–C–N with tert-alkyl or cyclic N) is 1. The molecule has 0 aliphatic carbocycles. The molecule has 0 unspecified atom stereocenters.